The van der Waals surface area contributed by atoms with Gasteiger partial charge in [0, 0.05) is 6.04 Å². The first-order valence-electron chi connectivity index (χ1n) is 7.80. The Kier molecular flexibility index (Phi) is 5.78. The van der Waals surface area contributed by atoms with E-state index in [2.05, 4.69) is 10.0 Å². The average molecular weight is 357 g/mol. The molecule has 2 rings (SSSR count). The third-order valence-electron chi connectivity index (χ3n) is 3.68. The van der Waals surface area contributed by atoms with Crippen molar-refractivity contribution in [3.8, 4) is 6.07 Å². The third kappa shape index (κ3) is 4.58. The first-order chi connectivity index (χ1) is 11.9. The quantitative estimate of drug-likeness (QED) is 0.830. The van der Waals surface area contributed by atoms with Gasteiger partial charge in [-0.1, -0.05) is 25.1 Å². The first kappa shape index (κ1) is 18.5. The Morgan fingerprint density at radius 1 is 1.20 bits per heavy atom. The van der Waals surface area contributed by atoms with Crippen LogP contribution in [0.15, 0.2) is 53.4 Å². The number of nitriles is 1. The second kappa shape index (κ2) is 7.81. The molecule has 2 aromatic rings. The lowest BCUT2D eigenvalue weighted by Crippen LogP contribution is -2.32. The monoisotopic (exact) mass is 357 g/mol. The Morgan fingerprint density at radius 2 is 1.92 bits per heavy atom. The van der Waals surface area contributed by atoms with Gasteiger partial charge in [-0.3, -0.25) is 9.52 Å². The summed E-state index contributed by atoms with van der Waals surface area (Å²) in [5, 5.41) is 11.7. The number of hydrogen-bond donors (Lipinski definition) is 2. The molecule has 0 bridgehead atoms. The number of benzene rings is 2. The topological polar surface area (TPSA) is 99.1 Å². The molecular weight excluding hydrogens is 338 g/mol. The highest BCUT2D eigenvalue weighted by atomic mass is 32.2. The fourth-order valence-corrected chi connectivity index (χ4v) is 3.24. The van der Waals surface area contributed by atoms with Crippen molar-refractivity contribution in [2.24, 2.45) is 0 Å². The maximum atomic E-state index is 12.6. The molecule has 130 valence electrons. The molecule has 0 fully saturated rings. The summed E-state index contributed by atoms with van der Waals surface area (Å²) in [4.78, 5) is 12.3. The van der Waals surface area contributed by atoms with Crippen LogP contribution in [0, 0.1) is 11.3 Å². The van der Waals surface area contributed by atoms with Crippen LogP contribution in [0.5, 0.6) is 0 Å². The van der Waals surface area contributed by atoms with Crippen molar-refractivity contribution in [3.05, 3.63) is 59.7 Å². The van der Waals surface area contributed by atoms with E-state index in [1.54, 1.807) is 18.2 Å². The summed E-state index contributed by atoms with van der Waals surface area (Å²) in [6.07, 6.45) is 0.764. The molecule has 2 N–H and O–H groups in total. The highest BCUT2D eigenvalue weighted by molar-refractivity contribution is 7.92. The van der Waals surface area contributed by atoms with Crippen LogP contribution in [-0.4, -0.2) is 20.4 Å². The lowest BCUT2D eigenvalue weighted by Gasteiger charge is -2.15. The normalized spacial score (nSPS) is 12.0. The molecule has 0 saturated carbocycles. The standard InChI is InChI=1S/C18H19N3O3S/c1-3-13(2)20-18(22)16-9-4-5-10-17(16)21-25(23,24)15-8-6-7-14(11-15)12-19/h4-11,13,21H,3H2,1-2H3,(H,20,22)/t13-/m0/s1. The summed E-state index contributed by atoms with van der Waals surface area (Å²) in [5.41, 5.74) is 0.666. The van der Waals surface area contributed by atoms with Crippen LogP contribution in [0.4, 0.5) is 5.69 Å². The molecule has 0 spiro atoms. The number of nitrogens with one attached hydrogen (secondary N) is 2. The van der Waals surface area contributed by atoms with E-state index >= 15 is 0 Å². The third-order valence-corrected chi connectivity index (χ3v) is 5.04. The van der Waals surface area contributed by atoms with E-state index in [1.165, 1.54) is 30.3 Å². The Hall–Kier alpha value is -2.85. The molecule has 7 heteroatoms. The molecule has 6 nitrogen and oxygen atoms in total. The van der Waals surface area contributed by atoms with E-state index in [0.717, 1.165) is 6.42 Å². The van der Waals surface area contributed by atoms with Gasteiger partial charge in [0.25, 0.3) is 15.9 Å². The van der Waals surface area contributed by atoms with Crippen LogP contribution >= 0.6 is 0 Å². The van der Waals surface area contributed by atoms with Gasteiger partial charge in [0.15, 0.2) is 0 Å². The summed E-state index contributed by atoms with van der Waals surface area (Å²) < 4.78 is 27.6. The number of amides is 1. The molecular formula is C18H19N3O3S. The van der Waals surface area contributed by atoms with E-state index in [9.17, 15) is 13.2 Å². The Balaban J connectivity index is 2.34. The molecule has 1 amide bonds. The SMILES string of the molecule is CC[C@H](C)NC(=O)c1ccccc1NS(=O)(=O)c1cccc(C#N)c1. The summed E-state index contributed by atoms with van der Waals surface area (Å²) in [6, 6.07) is 14.0. The molecule has 0 aliphatic rings. The highest BCUT2D eigenvalue weighted by Gasteiger charge is 2.19. The second-order valence-corrected chi connectivity index (χ2v) is 7.26. The van der Waals surface area contributed by atoms with Gasteiger partial charge in [0.05, 0.1) is 27.8 Å². The van der Waals surface area contributed by atoms with Gasteiger partial charge in [-0.05, 0) is 43.7 Å². The number of rotatable bonds is 6. The molecule has 0 aromatic heterocycles. The highest BCUT2D eigenvalue weighted by Crippen LogP contribution is 2.21. The Morgan fingerprint density at radius 3 is 2.60 bits per heavy atom. The maximum absolute atomic E-state index is 12.6. The predicted molar refractivity (Wildman–Crippen MR) is 95.6 cm³/mol. The van der Waals surface area contributed by atoms with Crippen molar-refractivity contribution in [1.29, 1.82) is 5.26 Å². The van der Waals surface area contributed by atoms with E-state index in [1.807, 2.05) is 19.9 Å². The smallest absolute Gasteiger partial charge is 0.261 e. The van der Waals surface area contributed by atoms with Crippen LogP contribution in [0.2, 0.25) is 0 Å². The van der Waals surface area contributed by atoms with Gasteiger partial charge in [-0.15, -0.1) is 0 Å². The molecule has 25 heavy (non-hydrogen) atoms. The van der Waals surface area contributed by atoms with E-state index in [-0.39, 0.29) is 33.7 Å². The Bertz CT molecular complexity index is 917. The maximum Gasteiger partial charge on any atom is 0.261 e. The lowest BCUT2D eigenvalue weighted by atomic mass is 10.1. The van der Waals surface area contributed by atoms with Crippen molar-refractivity contribution in [2.45, 2.75) is 31.2 Å². The minimum Gasteiger partial charge on any atom is -0.350 e. The van der Waals surface area contributed by atoms with Crippen LogP contribution in [0.3, 0.4) is 0 Å². The zero-order valence-electron chi connectivity index (χ0n) is 14.0. The number of carbonyl (C=O) groups excluding carboxylic acids is 1. The predicted octanol–water partition coefficient (Wildman–Crippen LogP) is 2.89. The number of carbonyl (C=O) groups is 1. The van der Waals surface area contributed by atoms with Crippen molar-refractivity contribution < 1.29 is 13.2 Å². The molecule has 0 aliphatic carbocycles. The lowest BCUT2D eigenvalue weighted by molar-refractivity contribution is 0.0940. The number of hydrogen-bond acceptors (Lipinski definition) is 4. The van der Waals surface area contributed by atoms with Crippen LogP contribution < -0.4 is 10.0 Å². The van der Waals surface area contributed by atoms with Crippen molar-refractivity contribution in [3.63, 3.8) is 0 Å². The van der Waals surface area contributed by atoms with Gasteiger partial charge in [0.2, 0.25) is 0 Å². The van der Waals surface area contributed by atoms with Gasteiger partial charge in [0.1, 0.15) is 0 Å². The first-order valence-corrected chi connectivity index (χ1v) is 9.28. The molecule has 2 aromatic carbocycles. The summed E-state index contributed by atoms with van der Waals surface area (Å²) in [5.74, 6) is -0.349. The number of nitrogens with zero attached hydrogens (tertiary/aromatic N) is 1. The van der Waals surface area contributed by atoms with Crippen molar-refractivity contribution in [2.75, 3.05) is 4.72 Å². The second-order valence-electron chi connectivity index (χ2n) is 5.57. The van der Waals surface area contributed by atoms with Gasteiger partial charge in [-0.2, -0.15) is 5.26 Å². The molecule has 0 saturated heterocycles. The molecule has 1 atom stereocenters. The molecule has 0 heterocycles. The fourth-order valence-electron chi connectivity index (χ4n) is 2.11. The molecule has 0 radical (unpaired) electrons. The summed E-state index contributed by atoms with van der Waals surface area (Å²) in [6.45, 7) is 3.82. The number of sulfonamides is 1. The van der Waals surface area contributed by atoms with Gasteiger partial charge in [-0.25, -0.2) is 8.42 Å². The largest absolute Gasteiger partial charge is 0.350 e. The van der Waals surface area contributed by atoms with Crippen LogP contribution in [0.25, 0.3) is 0 Å². The molecule has 0 aliphatic heterocycles. The van der Waals surface area contributed by atoms with Crippen molar-refractivity contribution in [1.82, 2.24) is 5.32 Å². The molecule has 0 unspecified atom stereocenters. The number of para-hydroxylation sites is 1. The Labute approximate surface area is 147 Å². The van der Waals surface area contributed by atoms with E-state index in [4.69, 9.17) is 5.26 Å². The number of anilines is 1. The van der Waals surface area contributed by atoms with E-state index in [0.29, 0.717) is 0 Å². The average Bonchev–Trinajstić information content (AvgIpc) is 2.61. The minimum absolute atomic E-state index is 0.0236. The summed E-state index contributed by atoms with van der Waals surface area (Å²) in [7, 11) is -3.92. The van der Waals surface area contributed by atoms with Crippen LogP contribution in [0.1, 0.15) is 36.2 Å². The van der Waals surface area contributed by atoms with Gasteiger partial charge >= 0.3 is 0 Å². The zero-order valence-corrected chi connectivity index (χ0v) is 14.8. The minimum atomic E-state index is -3.92. The summed E-state index contributed by atoms with van der Waals surface area (Å²) >= 11 is 0. The zero-order chi connectivity index (χ0) is 18.4. The van der Waals surface area contributed by atoms with E-state index < -0.39 is 10.0 Å². The van der Waals surface area contributed by atoms with Gasteiger partial charge < -0.3 is 5.32 Å². The van der Waals surface area contributed by atoms with Crippen molar-refractivity contribution >= 4 is 21.6 Å². The fraction of sp³-hybridized carbons (Fsp3) is 0.222. The van der Waals surface area contributed by atoms with Crippen LogP contribution in [-0.2, 0) is 10.0 Å².